The number of benzene rings is 1. The number of nitro benzene ring substituents is 1. The number of aromatic nitrogens is 1. The van der Waals surface area contributed by atoms with Crippen molar-refractivity contribution in [1.82, 2.24) is 4.98 Å². The predicted molar refractivity (Wildman–Crippen MR) is 108 cm³/mol. The summed E-state index contributed by atoms with van der Waals surface area (Å²) in [4.78, 5) is 39.0. The van der Waals surface area contributed by atoms with E-state index in [0.717, 1.165) is 11.0 Å². The Balaban J connectivity index is 2.49. The number of pyridine rings is 1. The smallest absolute Gasteiger partial charge is 0.315 e. The highest BCUT2D eigenvalue weighted by molar-refractivity contribution is 6.12. The average Bonchev–Trinajstić information content (AvgIpc) is 2.69. The molecule has 0 bridgehead atoms. The lowest BCUT2D eigenvalue weighted by Crippen LogP contribution is -2.29. The SMILES string of the molecule is CC(=O)Nc1cc(C)c(N(C)C(=O)/C(C#N)=C(\O)c2cc(O)c(O)c([N+](=O)[O-])c2)cn1. The number of amides is 2. The zero-order valence-electron chi connectivity index (χ0n) is 16.6. The molecule has 1 aromatic carbocycles. The van der Waals surface area contributed by atoms with E-state index >= 15 is 0 Å². The first kappa shape index (κ1) is 22.6. The van der Waals surface area contributed by atoms with Crippen LogP contribution in [0.5, 0.6) is 11.5 Å². The fourth-order valence-corrected chi connectivity index (χ4v) is 2.65. The van der Waals surface area contributed by atoms with Gasteiger partial charge in [-0.1, -0.05) is 0 Å². The van der Waals surface area contributed by atoms with Crippen molar-refractivity contribution in [2.75, 3.05) is 17.3 Å². The highest BCUT2D eigenvalue weighted by Crippen LogP contribution is 2.38. The Morgan fingerprint density at radius 1 is 1.29 bits per heavy atom. The van der Waals surface area contributed by atoms with Gasteiger partial charge in [0.25, 0.3) is 5.91 Å². The zero-order valence-corrected chi connectivity index (χ0v) is 16.6. The van der Waals surface area contributed by atoms with Crippen molar-refractivity contribution in [3.8, 4) is 17.6 Å². The summed E-state index contributed by atoms with van der Waals surface area (Å²) in [6.45, 7) is 2.93. The Bertz CT molecular complexity index is 1170. The normalized spacial score (nSPS) is 11.2. The number of likely N-dealkylation sites (N-methyl/N-ethyl adjacent to an activating group) is 1. The fraction of sp³-hybridized carbons (Fsp3) is 0.158. The number of aromatic hydroxyl groups is 2. The van der Waals surface area contributed by atoms with Crippen LogP contribution in [0.15, 0.2) is 30.0 Å². The molecule has 2 amide bonds. The van der Waals surface area contributed by atoms with Crippen LogP contribution in [0.3, 0.4) is 0 Å². The van der Waals surface area contributed by atoms with Crippen molar-refractivity contribution in [1.29, 1.82) is 5.26 Å². The lowest BCUT2D eigenvalue weighted by Gasteiger charge is -2.19. The summed E-state index contributed by atoms with van der Waals surface area (Å²) in [5, 5.41) is 52.6. The Morgan fingerprint density at radius 2 is 1.94 bits per heavy atom. The van der Waals surface area contributed by atoms with E-state index in [0.29, 0.717) is 11.6 Å². The first-order valence-corrected chi connectivity index (χ1v) is 8.54. The summed E-state index contributed by atoms with van der Waals surface area (Å²) < 4.78 is 0. The maximum Gasteiger partial charge on any atom is 0.315 e. The van der Waals surface area contributed by atoms with Crippen LogP contribution in [0.2, 0.25) is 0 Å². The molecule has 0 aliphatic carbocycles. The van der Waals surface area contributed by atoms with E-state index < -0.39 is 44.9 Å². The second-order valence-corrected chi connectivity index (χ2v) is 6.36. The van der Waals surface area contributed by atoms with Gasteiger partial charge in [-0.2, -0.15) is 5.26 Å². The van der Waals surface area contributed by atoms with Crippen LogP contribution in [0, 0.1) is 28.4 Å². The molecular formula is C19H17N5O7. The van der Waals surface area contributed by atoms with Gasteiger partial charge in [-0.3, -0.25) is 19.7 Å². The van der Waals surface area contributed by atoms with Crippen LogP contribution in [0.25, 0.3) is 5.76 Å². The standard InChI is InChI=1S/C19H17N5O7/c1-9-4-16(22-10(2)25)21-8-14(9)23(3)19(29)12(7-20)17(27)11-5-13(24(30)31)18(28)15(26)6-11/h4-6,8,26-28H,1-3H3,(H,21,22,25)/b17-12-. The van der Waals surface area contributed by atoms with Crippen molar-refractivity contribution >= 4 is 34.8 Å². The molecule has 1 aromatic heterocycles. The predicted octanol–water partition coefficient (Wildman–Crippen LogP) is 2.12. The molecule has 0 saturated carbocycles. The van der Waals surface area contributed by atoms with E-state index in [9.17, 15) is 40.3 Å². The van der Waals surface area contributed by atoms with Gasteiger partial charge in [-0.25, -0.2) is 4.98 Å². The monoisotopic (exact) mass is 427 g/mol. The summed E-state index contributed by atoms with van der Waals surface area (Å²) in [6, 6.07) is 4.52. The number of aliphatic hydroxyl groups excluding tert-OH is 1. The molecule has 12 heteroatoms. The summed E-state index contributed by atoms with van der Waals surface area (Å²) >= 11 is 0. The molecule has 4 N–H and O–H groups in total. The van der Waals surface area contributed by atoms with Crippen molar-refractivity contribution in [3.05, 3.63) is 51.2 Å². The fourth-order valence-electron chi connectivity index (χ4n) is 2.65. The first-order chi connectivity index (χ1) is 14.5. The minimum atomic E-state index is -1.02. The maximum atomic E-state index is 12.8. The molecule has 160 valence electrons. The van der Waals surface area contributed by atoms with Crippen LogP contribution < -0.4 is 10.2 Å². The number of carbonyl (C=O) groups excluding carboxylic acids is 2. The van der Waals surface area contributed by atoms with E-state index in [2.05, 4.69) is 10.3 Å². The Morgan fingerprint density at radius 3 is 2.45 bits per heavy atom. The average molecular weight is 427 g/mol. The van der Waals surface area contributed by atoms with Gasteiger partial charge in [0, 0.05) is 25.6 Å². The third-order valence-corrected chi connectivity index (χ3v) is 4.16. The van der Waals surface area contributed by atoms with E-state index in [-0.39, 0.29) is 17.4 Å². The van der Waals surface area contributed by atoms with Crippen molar-refractivity contribution < 1.29 is 29.8 Å². The summed E-state index contributed by atoms with van der Waals surface area (Å²) in [7, 11) is 1.31. The van der Waals surface area contributed by atoms with Gasteiger partial charge >= 0.3 is 5.69 Å². The number of hydrogen-bond acceptors (Lipinski definition) is 9. The summed E-state index contributed by atoms with van der Waals surface area (Å²) in [6.07, 6.45) is 1.28. The van der Waals surface area contributed by atoms with Crippen molar-refractivity contribution in [3.63, 3.8) is 0 Å². The summed E-state index contributed by atoms with van der Waals surface area (Å²) in [5.74, 6) is -3.92. The molecular weight excluding hydrogens is 410 g/mol. The topological polar surface area (TPSA) is 190 Å². The molecule has 31 heavy (non-hydrogen) atoms. The number of hydrogen-bond donors (Lipinski definition) is 4. The van der Waals surface area contributed by atoms with E-state index in [1.54, 1.807) is 6.92 Å². The number of nitrogens with one attached hydrogen (secondary N) is 1. The Labute approximate surface area is 175 Å². The second-order valence-electron chi connectivity index (χ2n) is 6.36. The van der Waals surface area contributed by atoms with E-state index in [4.69, 9.17) is 0 Å². The lowest BCUT2D eigenvalue weighted by molar-refractivity contribution is -0.386. The molecule has 0 atom stereocenters. The number of nitro groups is 1. The molecule has 0 aliphatic rings. The zero-order chi connectivity index (χ0) is 23.5. The molecule has 0 radical (unpaired) electrons. The van der Waals surface area contributed by atoms with Crippen LogP contribution >= 0.6 is 0 Å². The van der Waals surface area contributed by atoms with Gasteiger partial charge in [-0.15, -0.1) is 0 Å². The molecule has 0 spiro atoms. The minimum Gasteiger partial charge on any atom is -0.506 e. The van der Waals surface area contributed by atoms with Gasteiger partial charge < -0.3 is 25.5 Å². The molecule has 0 fully saturated rings. The van der Waals surface area contributed by atoms with Crippen LogP contribution in [-0.4, -0.2) is 44.1 Å². The van der Waals surface area contributed by atoms with Gasteiger partial charge in [-0.05, 0) is 24.6 Å². The number of aryl methyl sites for hydroxylation is 1. The number of carbonyl (C=O) groups is 2. The third kappa shape index (κ3) is 4.67. The number of phenolic OH excluding ortho intramolecular Hbond substituents is 2. The highest BCUT2D eigenvalue weighted by Gasteiger charge is 2.26. The number of nitriles is 1. The van der Waals surface area contributed by atoms with Crippen molar-refractivity contribution in [2.45, 2.75) is 13.8 Å². The quantitative estimate of drug-likeness (QED) is 0.138. The van der Waals surface area contributed by atoms with Gasteiger partial charge in [0.05, 0.1) is 16.8 Å². The molecule has 2 aromatic rings. The van der Waals surface area contributed by atoms with Crippen LogP contribution in [0.4, 0.5) is 17.2 Å². The molecule has 0 aliphatic heterocycles. The summed E-state index contributed by atoms with van der Waals surface area (Å²) in [5.41, 5.74) is -1.33. The molecule has 0 saturated heterocycles. The molecule has 12 nitrogen and oxygen atoms in total. The lowest BCUT2D eigenvalue weighted by atomic mass is 10.1. The van der Waals surface area contributed by atoms with Gasteiger partial charge in [0.1, 0.15) is 17.6 Å². The van der Waals surface area contributed by atoms with Gasteiger partial charge in [0.2, 0.25) is 11.7 Å². The Kier molecular flexibility index (Phi) is 6.41. The highest BCUT2D eigenvalue weighted by atomic mass is 16.6. The molecule has 2 rings (SSSR count). The largest absolute Gasteiger partial charge is 0.506 e. The van der Waals surface area contributed by atoms with Crippen molar-refractivity contribution in [2.24, 2.45) is 0 Å². The Hall–Kier alpha value is -4.66. The molecule has 1 heterocycles. The van der Waals surface area contributed by atoms with Gasteiger partial charge in [0.15, 0.2) is 11.3 Å². The number of phenols is 2. The number of aliphatic hydroxyl groups is 1. The van der Waals surface area contributed by atoms with E-state index in [1.807, 2.05) is 0 Å². The number of anilines is 2. The molecule has 0 unspecified atom stereocenters. The van der Waals surface area contributed by atoms with Crippen LogP contribution in [0.1, 0.15) is 18.1 Å². The maximum absolute atomic E-state index is 12.8. The first-order valence-electron chi connectivity index (χ1n) is 8.54. The minimum absolute atomic E-state index is 0.250. The number of nitrogens with zero attached hydrogens (tertiary/aromatic N) is 4. The third-order valence-electron chi connectivity index (χ3n) is 4.16. The van der Waals surface area contributed by atoms with Crippen LogP contribution in [-0.2, 0) is 9.59 Å². The van der Waals surface area contributed by atoms with E-state index in [1.165, 1.54) is 32.3 Å². The second kappa shape index (κ2) is 8.78. The number of rotatable bonds is 5.